The Hall–Kier alpha value is -3.53. The van der Waals surface area contributed by atoms with Crippen LogP contribution in [0.4, 0.5) is 0 Å². The number of aromatic nitrogens is 4. The summed E-state index contributed by atoms with van der Waals surface area (Å²) in [6.07, 6.45) is 1.55. The average Bonchev–Trinajstić information content (AvgIpc) is 3.34. The third-order valence-electron chi connectivity index (χ3n) is 4.25. The summed E-state index contributed by atoms with van der Waals surface area (Å²) in [5.74, 6) is -0.741. The van der Waals surface area contributed by atoms with Crippen LogP contribution in [-0.2, 0) is 17.9 Å². The molecule has 29 heavy (non-hydrogen) atoms. The highest BCUT2D eigenvalue weighted by molar-refractivity contribution is 7.13. The van der Waals surface area contributed by atoms with Crippen molar-refractivity contribution in [3.63, 3.8) is 0 Å². The van der Waals surface area contributed by atoms with Gasteiger partial charge in [0.05, 0.1) is 23.0 Å². The molecule has 1 N–H and O–H groups in total. The number of hydrogen-bond donors (Lipinski definition) is 1. The Balaban J connectivity index is 1.42. The molecule has 0 unspecified atom stereocenters. The molecule has 0 aliphatic rings. The van der Waals surface area contributed by atoms with Crippen LogP contribution in [0.3, 0.4) is 0 Å². The fourth-order valence-corrected chi connectivity index (χ4v) is 3.57. The van der Waals surface area contributed by atoms with Crippen molar-refractivity contribution in [1.29, 1.82) is 0 Å². The summed E-state index contributed by atoms with van der Waals surface area (Å²) < 4.78 is 7.44. The molecule has 0 fully saturated rings. The zero-order valence-corrected chi connectivity index (χ0v) is 16.3. The van der Waals surface area contributed by atoms with Crippen LogP contribution < -0.4 is 16.6 Å². The highest BCUT2D eigenvalue weighted by Crippen LogP contribution is 2.21. The minimum atomic E-state index is -0.595. The fourth-order valence-electron chi connectivity index (χ4n) is 2.92. The molecule has 0 saturated heterocycles. The molecule has 0 aliphatic heterocycles. The lowest BCUT2D eigenvalue weighted by Gasteiger charge is -2.13. The number of fused-ring (bicyclic) bond motifs is 1. The Kier molecular flexibility index (Phi) is 5.09. The number of carbonyl (C=O) groups excluding carboxylic acids is 1. The van der Waals surface area contributed by atoms with Gasteiger partial charge in [0.25, 0.3) is 11.4 Å². The van der Waals surface area contributed by atoms with Crippen LogP contribution in [-0.4, -0.2) is 31.5 Å². The van der Waals surface area contributed by atoms with Gasteiger partial charge in [-0.05, 0) is 24.4 Å². The van der Waals surface area contributed by atoms with Crippen molar-refractivity contribution in [3.05, 3.63) is 68.9 Å². The number of thiophene rings is 1. The number of amides is 1. The van der Waals surface area contributed by atoms with E-state index in [1.165, 1.54) is 16.0 Å². The summed E-state index contributed by atoms with van der Waals surface area (Å²) in [6, 6.07) is 10.3. The van der Waals surface area contributed by atoms with Crippen molar-refractivity contribution in [1.82, 2.24) is 24.9 Å². The molecule has 0 radical (unpaired) electrons. The van der Waals surface area contributed by atoms with Gasteiger partial charge in [0.15, 0.2) is 0 Å². The predicted octanol–water partition coefficient (Wildman–Crippen LogP) is 1.48. The molecule has 0 bridgehead atoms. The van der Waals surface area contributed by atoms with Crippen molar-refractivity contribution in [2.75, 3.05) is 0 Å². The van der Waals surface area contributed by atoms with Gasteiger partial charge < -0.3 is 9.73 Å². The molecule has 9 nitrogen and oxygen atoms in total. The molecule has 4 aromatic rings. The highest BCUT2D eigenvalue weighted by Gasteiger charge is 2.16. The summed E-state index contributed by atoms with van der Waals surface area (Å²) in [5, 5.41) is 14.0. The molecule has 0 spiro atoms. The summed E-state index contributed by atoms with van der Waals surface area (Å²) in [7, 11) is 0. The largest absolute Gasteiger partial charge is 0.437 e. The topological polar surface area (TPSA) is 112 Å². The minimum Gasteiger partial charge on any atom is -0.387 e. The van der Waals surface area contributed by atoms with E-state index in [1.807, 2.05) is 17.5 Å². The predicted molar refractivity (Wildman–Crippen MR) is 108 cm³/mol. The lowest BCUT2D eigenvalue weighted by Crippen LogP contribution is -2.41. The number of rotatable bonds is 6. The maximum absolute atomic E-state index is 12.5. The molecule has 3 aromatic heterocycles. The number of hydrogen-bond acceptors (Lipinski definition) is 7. The van der Waals surface area contributed by atoms with Crippen molar-refractivity contribution in [2.45, 2.75) is 26.1 Å². The first-order chi connectivity index (χ1) is 14.0. The molecule has 10 heteroatoms. The van der Waals surface area contributed by atoms with Crippen LogP contribution in [0.2, 0.25) is 0 Å². The molecule has 4 rings (SSSR count). The average molecular weight is 411 g/mol. The van der Waals surface area contributed by atoms with Gasteiger partial charge in [-0.25, -0.2) is 9.48 Å². The minimum absolute atomic E-state index is 0.138. The van der Waals surface area contributed by atoms with E-state index in [0.717, 1.165) is 14.9 Å². The van der Waals surface area contributed by atoms with E-state index < -0.39 is 17.7 Å². The number of benzene rings is 1. The maximum Gasteiger partial charge on any atom is 0.437 e. The standard InChI is InChI=1S/C19H17N5O4S/c1-12(10-24-19(27)28-17(22-24)15-7-4-8-29-15)21-16(25)11-23-18(26)14-6-3-2-5-13(14)9-20-23/h2-9,12H,10-11H2,1H3,(H,21,25)/t12-/m0/s1. The molecule has 0 aliphatic carbocycles. The Morgan fingerprint density at radius 2 is 2.03 bits per heavy atom. The first-order valence-electron chi connectivity index (χ1n) is 8.87. The van der Waals surface area contributed by atoms with Crippen LogP contribution in [0.1, 0.15) is 6.92 Å². The zero-order chi connectivity index (χ0) is 20.4. The van der Waals surface area contributed by atoms with E-state index >= 15 is 0 Å². The van der Waals surface area contributed by atoms with Crippen LogP contribution >= 0.6 is 11.3 Å². The molecule has 148 valence electrons. The van der Waals surface area contributed by atoms with Gasteiger partial charge in [0.2, 0.25) is 5.91 Å². The Labute approximate surface area is 168 Å². The molecule has 1 atom stereocenters. The molecule has 0 saturated carbocycles. The number of nitrogens with zero attached hydrogens (tertiary/aromatic N) is 4. The van der Waals surface area contributed by atoms with E-state index in [9.17, 15) is 14.4 Å². The van der Waals surface area contributed by atoms with Gasteiger partial charge in [-0.1, -0.05) is 24.3 Å². The fraction of sp³-hybridized carbons (Fsp3) is 0.211. The third-order valence-corrected chi connectivity index (χ3v) is 5.11. The lowest BCUT2D eigenvalue weighted by molar-refractivity contribution is -0.122. The van der Waals surface area contributed by atoms with E-state index in [1.54, 1.807) is 37.4 Å². The molecule has 3 heterocycles. The summed E-state index contributed by atoms with van der Waals surface area (Å²) in [4.78, 5) is 37.5. The molecular weight excluding hydrogens is 394 g/mol. The normalized spacial score (nSPS) is 12.2. The van der Waals surface area contributed by atoms with Gasteiger partial charge in [0, 0.05) is 11.4 Å². The highest BCUT2D eigenvalue weighted by atomic mass is 32.1. The van der Waals surface area contributed by atoms with Crippen LogP contribution in [0.25, 0.3) is 21.5 Å². The van der Waals surface area contributed by atoms with E-state index in [-0.39, 0.29) is 24.5 Å². The van der Waals surface area contributed by atoms with Crippen LogP contribution in [0.5, 0.6) is 0 Å². The van der Waals surface area contributed by atoms with Crippen molar-refractivity contribution >= 4 is 28.0 Å². The SMILES string of the molecule is C[C@@H](Cn1nc(-c2cccs2)oc1=O)NC(=O)Cn1ncc2ccccc2c1=O. The van der Waals surface area contributed by atoms with Crippen molar-refractivity contribution < 1.29 is 9.21 Å². The van der Waals surface area contributed by atoms with Gasteiger partial charge in [-0.15, -0.1) is 16.4 Å². The van der Waals surface area contributed by atoms with Crippen LogP contribution in [0.15, 0.2) is 62.0 Å². The van der Waals surface area contributed by atoms with Crippen molar-refractivity contribution in [3.8, 4) is 10.8 Å². The first kappa shape index (κ1) is 18.8. The Morgan fingerprint density at radius 1 is 1.21 bits per heavy atom. The number of nitrogens with one attached hydrogen (secondary N) is 1. The molecular formula is C19H17N5O4S. The number of carbonyl (C=O) groups is 1. The van der Waals surface area contributed by atoms with E-state index in [0.29, 0.717) is 5.39 Å². The smallest absolute Gasteiger partial charge is 0.387 e. The quantitative estimate of drug-likeness (QED) is 0.514. The van der Waals surface area contributed by atoms with Crippen LogP contribution in [0, 0.1) is 0 Å². The van der Waals surface area contributed by atoms with E-state index in [4.69, 9.17) is 4.42 Å². The zero-order valence-electron chi connectivity index (χ0n) is 15.4. The second kappa shape index (κ2) is 7.84. The summed E-state index contributed by atoms with van der Waals surface area (Å²) in [6.45, 7) is 1.65. The second-order valence-electron chi connectivity index (χ2n) is 6.50. The van der Waals surface area contributed by atoms with Crippen molar-refractivity contribution in [2.24, 2.45) is 0 Å². The summed E-state index contributed by atoms with van der Waals surface area (Å²) >= 11 is 1.41. The molecule has 1 aromatic carbocycles. The first-order valence-corrected chi connectivity index (χ1v) is 9.75. The van der Waals surface area contributed by atoms with Gasteiger partial charge in [0.1, 0.15) is 6.54 Å². The van der Waals surface area contributed by atoms with Gasteiger partial charge in [-0.2, -0.15) is 9.78 Å². The Bertz CT molecular complexity index is 1270. The van der Waals surface area contributed by atoms with Gasteiger partial charge in [-0.3, -0.25) is 9.59 Å². The second-order valence-corrected chi connectivity index (χ2v) is 7.44. The van der Waals surface area contributed by atoms with E-state index in [2.05, 4.69) is 15.5 Å². The van der Waals surface area contributed by atoms with Gasteiger partial charge >= 0.3 is 5.76 Å². The summed E-state index contributed by atoms with van der Waals surface area (Å²) in [5.41, 5.74) is -0.334. The Morgan fingerprint density at radius 3 is 2.83 bits per heavy atom. The monoisotopic (exact) mass is 411 g/mol. The molecule has 1 amide bonds. The third kappa shape index (κ3) is 4.02. The maximum atomic E-state index is 12.5. The lowest BCUT2D eigenvalue weighted by atomic mass is 10.2.